The third-order valence-electron chi connectivity index (χ3n) is 4.02. The van der Waals surface area contributed by atoms with Crippen LogP contribution in [0.25, 0.3) is 6.08 Å². The molecule has 0 aliphatic carbocycles. The topological polar surface area (TPSA) is 51.1 Å². The fourth-order valence-electron chi connectivity index (χ4n) is 2.76. The van der Waals surface area contributed by atoms with E-state index < -0.39 is 0 Å². The van der Waals surface area contributed by atoms with Crippen LogP contribution in [0.15, 0.2) is 53.5 Å². The van der Waals surface area contributed by atoms with Gasteiger partial charge in [-0.1, -0.05) is 42.5 Å². The number of nitrogens with zero attached hydrogens (tertiary/aromatic N) is 1. The van der Waals surface area contributed by atoms with Gasteiger partial charge in [-0.15, -0.1) is 0 Å². The van der Waals surface area contributed by atoms with Gasteiger partial charge in [0.25, 0.3) is 11.5 Å². The summed E-state index contributed by atoms with van der Waals surface area (Å²) in [6.07, 6.45) is 9.76. The van der Waals surface area contributed by atoms with E-state index in [0.717, 1.165) is 22.3 Å². The van der Waals surface area contributed by atoms with Gasteiger partial charge in [0, 0.05) is 13.2 Å². The molecule has 130 valence electrons. The lowest BCUT2D eigenvalue weighted by molar-refractivity contribution is 0.0961. The number of allylic oxidation sites excluding steroid dienone is 3. The number of pyridine rings is 1. The van der Waals surface area contributed by atoms with E-state index in [1.54, 1.807) is 16.8 Å². The molecule has 4 nitrogen and oxygen atoms in total. The highest BCUT2D eigenvalue weighted by atomic mass is 16.2. The van der Waals surface area contributed by atoms with Crippen LogP contribution in [0.4, 0.5) is 0 Å². The Morgan fingerprint density at radius 1 is 1.24 bits per heavy atom. The van der Waals surface area contributed by atoms with Crippen molar-refractivity contribution in [3.8, 4) is 0 Å². The number of nitrogens with one attached hydrogen (secondary N) is 1. The van der Waals surface area contributed by atoms with E-state index in [4.69, 9.17) is 0 Å². The highest BCUT2D eigenvalue weighted by Gasteiger charge is 2.13. The van der Waals surface area contributed by atoms with Crippen molar-refractivity contribution >= 4 is 12.0 Å². The van der Waals surface area contributed by atoms with Crippen LogP contribution >= 0.6 is 0 Å². The first-order valence-electron chi connectivity index (χ1n) is 8.29. The summed E-state index contributed by atoms with van der Waals surface area (Å²) < 4.78 is 1.60. The molecule has 2 rings (SSSR count). The van der Waals surface area contributed by atoms with Crippen LogP contribution in [0, 0.1) is 13.8 Å². The Morgan fingerprint density at radius 2 is 2.00 bits per heavy atom. The summed E-state index contributed by atoms with van der Waals surface area (Å²) >= 11 is 0. The summed E-state index contributed by atoms with van der Waals surface area (Å²) in [5, 5.41) is 2.52. The van der Waals surface area contributed by atoms with E-state index in [1.165, 1.54) is 7.05 Å². The van der Waals surface area contributed by atoms with E-state index in [-0.39, 0.29) is 17.0 Å². The van der Waals surface area contributed by atoms with Crippen LogP contribution in [0.3, 0.4) is 0 Å². The van der Waals surface area contributed by atoms with Crippen molar-refractivity contribution in [3.05, 3.63) is 86.9 Å². The van der Waals surface area contributed by atoms with Crippen molar-refractivity contribution in [2.24, 2.45) is 0 Å². The van der Waals surface area contributed by atoms with Gasteiger partial charge in [0.15, 0.2) is 0 Å². The van der Waals surface area contributed by atoms with Crippen LogP contribution in [0.2, 0.25) is 0 Å². The summed E-state index contributed by atoms with van der Waals surface area (Å²) in [5.41, 5.74) is 4.03. The van der Waals surface area contributed by atoms with Crippen molar-refractivity contribution in [1.29, 1.82) is 0 Å². The number of benzene rings is 1. The molecule has 1 aromatic carbocycles. The number of hydrogen-bond acceptors (Lipinski definition) is 2. The van der Waals surface area contributed by atoms with Gasteiger partial charge in [0.05, 0.1) is 6.54 Å². The minimum Gasteiger partial charge on any atom is -0.355 e. The van der Waals surface area contributed by atoms with Crippen molar-refractivity contribution in [2.45, 2.75) is 27.3 Å². The zero-order valence-electron chi connectivity index (χ0n) is 15.2. The molecule has 0 unspecified atom stereocenters. The van der Waals surface area contributed by atoms with E-state index in [2.05, 4.69) is 5.32 Å². The summed E-state index contributed by atoms with van der Waals surface area (Å²) in [5.74, 6) is -0.361. The maximum atomic E-state index is 12.7. The SMILES string of the molecule is C/C=C\C=C/c1c(C)cccc1Cn1cc(C)cc(C(=O)NC)c1=O. The lowest BCUT2D eigenvalue weighted by atomic mass is 10.0. The summed E-state index contributed by atoms with van der Waals surface area (Å²) in [6, 6.07) is 7.67. The second-order valence-corrected chi connectivity index (χ2v) is 5.98. The Balaban J connectivity index is 2.51. The maximum absolute atomic E-state index is 12.7. The highest BCUT2D eigenvalue weighted by molar-refractivity contribution is 5.93. The monoisotopic (exact) mass is 336 g/mol. The third-order valence-corrected chi connectivity index (χ3v) is 4.02. The number of aryl methyl sites for hydroxylation is 2. The molecule has 0 saturated carbocycles. The molecular formula is C21H24N2O2. The van der Waals surface area contributed by atoms with Crippen LogP contribution in [0.5, 0.6) is 0 Å². The van der Waals surface area contributed by atoms with Gasteiger partial charge in [-0.25, -0.2) is 0 Å². The Bertz CT molecular complexity index is 889. The Morgan fingerprint density at radius 3 is 2.68 bits per heavy atom. The molecule has 1 amide bonds. The van der Waals surface area contributed by atoms with Gasteiger partial charge >= 0.3 is 0 Å². The Labute approximate surface area is 148 Å². The molecule has 0 bridgehead atoms. The van der Waals surface area contributed by atoms with Crippen molar-refractivity contribution in [3.63, 3.8) is 0 Å². The normalized spacial score (nSPS) is 11.4. The fourth-order valence-corrected chi connectivity index (χ4v) is 2.76. The van der Waals surface area contributed by atoms with Crippen LogP contribution < -0.4 is 10.9 Å². The molecule has 0 spiro atoms. The number of aromatic nitrogens is 1. The van der Waals surface area contributed by atoms with Crippen molar-refractivity contribution in [1.82, 2.24) is 9.88 Å². The number of hydrogen-bond donors (Lipinski definition) is 1. The molecule has 0 aliphatic heterocycles. The lowest BCUT2D eigenvalue weighted by Gasteiger charge is -2.13. The second kappa shape index (κ2) is 8.29. The molecule has 0 fully saturated rings. The number of amides is 1. The number of carbonyl (C=O) groups excluding carboxylic acids is 1. The first-order chi connectivity index (χ1) is 12.0. The maximum Gasteiger partial charge on any atom is 0.263 e. The third kappa shape index (κ3) is 4.35. The standard InChI is InChI=1S/C21H24N2O2/c1-5-6-7-11-18-16(3)9-8-10-17(18)14-23-13-15(2)12-19(21(23)25)20(24)22-4/h5-13H,14H2,1-4H3,(H,22,24)/b6-5-,11-7-. The molecule has 1 aromatic heterocycles. The first-order valence-corrected chi connectivity index (χ1v) is 8.29. The van der Waals surface area contributed by atoms with E-state index in [0.29, 0.717) is 6.54 Å². The van der Waals surface area contributed by atoms with Gasteiger partial charge in [-0.05, 0) is 49.1 Å². The molecule has 1 heterocycles. The number of carbonyl (C=O) groups is 1. The summed E-state index contributed by atoms with van der Waals surface area (Å²) in [7, 11) is 1.53. The van der Waals surface area contributed by atoms with Crippen molar-refractivity contribution in [2.75, 3.05) is 7.05 Å². The lowest BCUT2D eigenvalue weighted by Crippen LogP contribution is -2.31. The average molecular weight is 336 g/mol. The minimum atomic E-state index is -0.361. The second-order valence-electron chi connectivity index (χ2n) is 5.98. The van der Waals surface area contributed by atoms with Gasteiger partial charge in [-0.2, -0.15) is 0 Å². The molecule has 0 aliphatic rings. The Kier molecular flexibility index (Phi) is 6.12. The molecular weight excluding hydrogens is 312 g/mol. The van der Waals surface area contributed by atoms with Gasteiger partial charge < -0.3 is 9.88 Å². The summed E-state index contributed by atoms with van der Waals surface area (Å²) in [6.45, 7) is 6.32. The van der Waals surface area contributed by atoms with Gasteiger partial charge in [-0.3, -0.25) is 9.59 Å². The Hall–Kier alpha value is -2.88. The smallest absolute Gasteiger partial charge is 0.263 e. The molecule has 25 heavy (non-hydrogen) atoms. The highest BCUT2D eigenvalue weighted by Crippen LogP contribution is 2.17. The first kappa shape index (κ1) is 18.5. The number of rotatable bonds is 5. The average Bonchev–Trinajstić information content (AvgIpc) is 2.59. The van der Waals surface area contributed by atoms with Crippen molar-refractivity contribution < 1.29 is 4.79 Å². The van der Waals surface area contributed by atoms with Gasteiger partial charge in [0.2, 0.25) is 0 Å². The zero-order valence-corrected chi connectivity index (χ0v) is 15.2. The molecule has 4 heteroatoms. The van der Waals surface area contributed by atoms with Crippen LogP contribution in [0.1, 0.15) is 39.5 Å². The van der Waals surface area contributed by atoms with Crippen LogP contribution in [-0.4, -0.2) is 17.5 Å². The van der Waals surface area contributed by atoms with E-state index >= 15 is 0 Å². The van der Waals surface area contributed by atoms with Gasteiger partial charge in [0.1, 0.15) is 5.56 Å². The fraction of sp³-hybridized carbons (Fsp3) is 0.238. The largest absolute Gasteiger partial charge is 0.355 e. The molecule has 2 aromatic rings. The predicted molar refractivity (Wildman–Crippen MR) is 103 cm³/mol. The predicted octanol–water partition coefficient (Wildman–Crippen LogP) is 3.46. The van der Waals surface area contributed by atoms with Crippen LogP contribution in [-0.2, 0) is 6.54 Å². The zero-order chi connectivity index (χ0) is 18.4. The molecule has 0 saturated heterocycles. The quantitative estimate of drug-likeness (QED) is 0.850. The molecule has 1 N–H and O–H groups in total. The van der Waals surface area contributed by atoms with E-state index in [9.17, 15) is 9.59 Å². The molecule has 0 radical (unpaired) electrons. The minimum absolute atomic E-state index is 0.168. The molecule has 0 atom stereocenters. The van der Waals surface area contributed by atoms with E-state index in [1.807, 2.05) is 63.3 Å². The summed E-state index contributed by atoms with van der Waals surface area (Å²) in [4.78, 5) is 24.6.